The zero-order valence-electron chi connectivity index (χ0n) is 14.4. The Hall–Kier alpha value is -2.94. The molecule has 2 amide bonds. The highest BCUT2D eigenvalue weighted by Crippen LogP contribution is 2.18. The van der Waals surface area contributed by atoms with Gasteiger partial charge in [-0.25, -0.2) is 14.8 Å². The van der Waals surface area contributed by atoms with Gasteiger partial charge in [0.2, 0.25) is 0 Å². The number of benzene rings is 1. The van der Waals surface area contributed by atoms with E-state index in [4.69, 9.17) is 5.26 Å². The number of carbonyl (C=O) groups is 1. The molecule has 1 N–H and O–H groups in total. The van der Waals surface area contributed by atoms with Crippen LogP contribution in [0.4, 0.5) is 10.5 Å². The minimum Gasteiger partial charge on any atom is -0.323 e. The molecule has 0 spiro atoms. The van der Waals surface area contributed by atoms with Crippen LogP contribution in [0.2, 0.25) is 0 Å². The molecule has 0 unspecified atom stereocenters. The highest BCUT2D eigenvalue weighted by molar-refractivity contribution is 5.88. The molecule has 1 heterocycles. The predicted molar refractivity (Wildman–Crippen MR) is 92.4 cm³/mol. The lowest BCUT2D eigenvalue weighted by molar-refractivity contribution is 0.220. The maximum Gasteiger partial charge on any atom is 0.321 e. The van der Waals surface area contributed by atoms with Crippen LogP contribution in [0.3, 0.4) is 0 Å². The van der Waals surface area contributed by atoms with Gasteiger partial charge >= 0.3 is 6.03 Å². The molecule has 2 rings (SSSR count). The van der Waals surface area contributed by atoms with Crippen LogP contribution < -0.4 is 5.32 Å². The smallest absolute Gasteiger partial charge is 0.321 e. The topological polar surface area (TPSA) is 81.9 Å². The Balaban J connectivity index is 2.00. The monoisotopic (exact) mass is 323 g/mol. The summed E-state index contributed by atoms with van der Waals surface area (Å²) in [6.45, 7) is 6.50. The number of carbonyl (C=O) groups excluding carboxylic acids is 1. The summed E-state index contributed by atoms with van der Waals surface area (Å²) in [5.41, 5.74) is 1.88. The van der Waals surface area contributed by atoms with E-state index in [2.05, 4.69) is 21.4 Å². The maximum atomic E-state index is 12.2. The summed E-state index contributed by atoms with van der Waals surface area (Å²) in [5, 5.41) is 11.7. The Kier molecular flexibility index (Phi) is 5.14. The lowest BCUT2D eigenvalue weighted by atomic mass is 9.96. The highest BCUT2D eigenvalue weighted by atomic mass is 16.2. The Morgan fingerprint density at radius 3 is 2.54 bits per heavy atom. The minimum absolute atomic E-state index is 0.134. The average molecular weight is 323 g/mol. The second-order valence-corrected chi connectivity index (χ2v) is 6.64. The SMILES string of the molecule is CN(Cc1cccc(C#N)c1)C(=O)Nc1cnc(C(C)(C)C)nc1. The van der Waals surface area contributed by atoms with Crippen molar-refractivity contribution in [3.05, 3.63) is 53.6 Å². The molecule has 0 bridgehead atoms. The van der Waals surface area contributed by atoms with Crippen molar-refractivity contribution < 1.29 is 4.79 Å². The number of nitriles is 1. The zero-order chi connectivity index (χ0) is 17.7. The quantitative estimate of drug-likeness (QED) is 0.939. The number of nitrogens with zero attached hydrogens (tertiary/aromatic N) is 4. The lowest BCUT2D eigenvalue weighted by Crippen LogP contribution is -2.31. The van der Waals surface area contributed by atoms with Gasteiger partial charge in [0.25, 0.3) is 0 Å². The molecular formula is C18H21N5O. The van der Waals surface area contributed by atoms with E-state index in [9.17, 15) is 4.79 Å². The second kappa shape index (κ2) is 7.09. The lowest BCUT2D eigenvalue weighted by Gasteiger charge is -2.19. The summed E-state index contributed by atoms with van der Waals surface area (Å²) in [5.74, 6) is 0.724. The van der Waals surface area contributed by atoms with Crippen molar-refractivity contribution in [2.24, 2.45) is 0 Å². The van der Waals surface area contributed by atoms with Gasteiger partial charge in [0, 0.05) is 19.0 Å². The van der Waals surface area contributed by atoms with Gasteiger partial charge in [-0.2, -0.15) is 5.26 Å². The first-order valence-corrected chi connectivity index (χ1v) is 7.63. The van der Waals surface area contributed by atoms with Gasteiger partial charge in [-0.05, 0) is 17.7 Å². The number of hydrogen-bond donors (Lipinski definition) is 1. The Labute approximate surface area is 142 Å². The van der Waals surface area contributed by atoms with Gasteiger partial charge < -0.3 is 10.2 Å². The number of hydrogen-bond acceptors (Lipinski definition) is 4. The summed E-state index contributed by atoms with van der Waals surface area (Å²) >= 11 is 0. The average Bonchev–Trinajstić information content (AvgIpc) is 2.54. The molecule has 0 saturated heterocycles. The molecule has 0 radical (unpaired) electrons. The predicted octanol–water partition coefficient (Wildman–Crippen LogP) is 3.31. The third-order valence-electron chi connectivity index (χ3n) is 3.40. The molecule has 24 heavy (non-hydrogen) atoms. The number of aromatic nitrogens is 2. The van der Waals surface area contributed by atoms with Crippen LogP contribution in [0.5, 0.6) is 0 Å². The molecule has 0 saturated carbocycles. The fourth-order valence-electron chi connectivity index (χ4n) is 2.08. The number of rotatable bonds is 3. The van der Waals surface area contributed by atoms with Crippen LogP contribution >= 0.6 is 0 Å². The molecule has 0 aliphatic heterocycles. The van der Waals surface area contributed by atoms with Crippen molar-refractivity contribution in [2.75, 3.05) is 12.4 Å². The number of amides is 2. The number of nitrogens with one attached hydrogen (secondary N) is 1. The van der Waals surface area contributed by atoms with Crippen molar-refractivity contribution >= 4 is 11.7 Å². The van der Waals surface area contributed by atoms with E-state index >= 15 is 0 Å². The molecule has 6 heteroatoms. The van der Waals surface area contributed by atoms with Crippen molar-refractivity contribution in [1.29, 1.82) is 5.26 Å². The van der Waals surface area contributed by atoms with Crippen LogP contribution in [0.25, 0.3) is 0 Å². The van der Waals surface area contributed by atoms with Gasteiger partial charge in [-0.1, -0.05) is 32.9 Å². The summed E-state index contributed by atoms with van der Waals surface area (Å²) in [7, 11) is 1.69. The van der Waals surface area contributed by atoms with Gasteiger partial charge in [0.15, 0.2) is 0 Å². The van der Waals surface area contributed by atoms with Crippen molar-refractivity contribution in [2.45, 2.75) is 32.7 Å². The molecule has 2 aromatic rings. The molecule has 0 atom stereocenters. The van der Waals surface area contributed by atoms with Crippen LogP contribution in [-0.2, 0) is 12.0 Å². The van der Waals surface area contributed by atoms with Crippen LogP contribution in [0.1, 0.15) is 37.7 Å². The third-order valence-corrected chi connectivity index (χ3v) is 3.40. The van der Waals surface area contributed by atoms with E-state index in [0.717, 1.165) is 11.4 Å². The first-order valence-electron chi connectivity index (χ1n) is 7.63. The van der Waals surface area contributed by atoms with Crippen molar-refractivity contribution in [3.63, 3.8) is 0 Å². The van der Waals surface area contributed by atoms with E-state index in [-0.39, 0.29) is 11.4 Å². The van der Waals surface area contributed by atoms with E-state index in [1.807, 2.05) is 26.8 Å². The molecule has 124 valence electrons. The Morgan fingerprint density at radius 1 is 1.29 bits per heavy atom. The van der Waals surface area contributed by atoms with E-state index in [1.54, 1.807) is 37.6 Å². The van der Waals surface area contributed by atoms with E-state index in [0.29, 0.717) is 17.8 Å². The molecule has 0 aliphatic carbocycles. The summed E-state index contributed by atoms with van der Waals surface area (Å²) in [4.78, 5) is 22.4. The van der Waals surface area contributed by atoms with Gasteiger partial charge in [-0.15, -0.1) is 0 Å². The Morgan fingerprint density at radius 2 is 1.96 bits per heavy atom. The van der Waals surface area contributed by atoms with Gasteiger partial charge in [-0.3, -0.25) is 0 Å². The first-order chi connectivity index (χ1) is 11.3. The fraction of sp³-hybridized carbons (Fsp3) is 0.333. The molecule has 0 fully saturated rings. The molecule has 6 nitrogen and oxygen atoms in total. The number of anilines is 1. The molecular weight excluding hydrogens is 302 g/mol. The molecule has 1 aromatic carbocycles. The van der Waals surface area contributed by atoms with Crippen LogP contribution in [0, 0.1) is 11.3 Å². The minimum atomic E-state index is -0.260. The fourth-order valence-corrected chi connectivity index (χ4v) is 2.08. The highest BCUT2D eigenvalue weighted by Gasteiger charge is 2.17. The summed E-state index contributed by atoms with van der Waals surface area (Å²) in [6, 6.07) is 9.02. The largest absolute Gasteiger partial charge is 0.323 e. The third kappa shape index (κ3) is 4.53. The van der Waals surface area contributed by atoms with Gasteiger partial charge in [0.1, 0.15) is 5.82 Å². The summed E-state index contributed by atoms with van der Waals surface area (Å²) in [6.07, 6.45) is 3.21. The van der Waals surface area contributed by atoms with Crippen molar-refractivity contribution in [3.8, 4) is 6.07 Å². The molecule has 0 aliphatic rings. The Bertz CT molecular complexity index is 756. The van der Waals surface area contributed by atoms with Gasteiger partial charge in [0.05, 0.1) is 29.7 Å². The molecule has 1 aromatic heterocycles. The van der Waals surface area contributed by atoms with Crippen molar-refractivity contribution in [1.82, 2.24) is 14.9 Å². The number of urea groups is 1. The zero-order valence-corrected chi connectivity index (χ0v) is 14.4. The standard InChI is InChI=1S/C18H21N5O/c1-18(2,3)16-20-10-15(11-21-16)22-17(24)23(4)12-14-7-5-6-13(8-14)9-19/h5-8,10-11H,12H2,1-4H3,(H,22,24). The second-order valence-electron chi connectivity index (χ2n) is 6.64. The summed E-state index contributed by atoms with van der Waals surface area (Å²) < 4.78 is 0. The van der Waals surface area contributed by atoms with E-state index in [1.165, 1.54) is 4.90 Å². The van der Waals surface area contributed by atoms with Crippen LogP contribution in [0.15, 0.2) is 36.7 Å². The van der Waals surface area contributed by atoms with Crippen LogP contribution in [-0.4, -0.2) is 27.9 Å². The van der Waals surface area contributed by atoms with E-state index < -0.39 is 0 Å². The normalized spacial score (nSPS) is 10.8. The maximum absolute atomic E-state index is 12.2. The first kappa shape index (κ1) is 17.4.